The van der Waals surface area contributed by atoms with Crippen molar-refractivity contribution in [2.24, 2.45) is 0 Å². The van der Waals surface area contributed by atoms with Crippen LogP contribution in [0.1, 0.15) is 16.1 Å². The van der Waals surface area contributed by atoms with E-state index in [2.05, 4.69) is 10.3 Å². The van der Waals surface area contributed by atoms with Gasteiger partial charge in [0.05, 0.1) is 16.8 Å². The number of nitrogens with zero attached hydrogens (tertiary/aromatic N) is 1. The van der Waals surface area contributed by atoms with Crippen molar-refractivity contribution in [3.63, 3.8) is 0 Å². The first kappa shape index (κ1) is 17.1. The number of rotatable bonds is 4. The van der Waals surface area contributed by atoms with Crippen LogP contribution in [0.3, 0.4) is 0 Å². The third-order valence-corrected chi connectivity index (χ3v) is 5.21. The molecule has 0 radical (unpaired) electrons. The highest BCUT2D eigenvalue weighted by molar-refractivity contribution is 7.22. The first-order valence-corrected chi connectivity index (χ1v) is 9.35. The minimum atomic E-state index is -0.180. The molecule has 0 aliphatic rings. The van der Waals surface area contributed by atoms with Crippen LogP contribution in [0, 0.1) is 0 Å². The maximum atomic E-state index is 12.4. The Hall–Kier alpha value is -2.34. The van der Waals surface area contributed by atoms with Crippen LogP contribution in [0.5, 0.6) is 0 Å². The number of benzene rings is 2. The van der Waals surface area contributed by atoms with E-state index in [1.54, 1.807) is 18.2 Å². The van der Waals surface area contributed by atoms with E-state index in [0.717, 1.165) is 21.5 Å². The fourth-order valence-electron chi connectivity index (χ4n) is 2.55. The average molecular weight is 403 g/mol. The number of aromatic nitrogens is 1. The standard InChI is InChI=1S/C19H12Cl2N2O2S/c20-13-4-1-11(2-5-13)16-8-6-14(25-16)10-22-18(24)12-3-7-15-17(9-12)26-19(21)23-15/h1-9H,10H2,(H,22,24). The number of furan rings is 1. The van der Waals surface area contributed by atoms with Crippen molar-refractivity contribution in [3.05, 3.63) is 75.4 Å². The van der Waals surface area contributed by atoms with Gasteiger partial charge in [0.1, 0.15) is 11.5 Å². The summed E-state index contributed by atoms with van der Waals surface area (Å²) in [4.78, 5) is 16.5. The lowest BCUT2D eigenvalue weighted by Gasteiger charge is -2.03. The van der Waals surface area contributed by atoms with Crippen LogP contribution < -0.4 is 5.32 Å². The van der Waals surface area contributed by atoms with E-state index in [9.17, 15) is 4.79 Å². The van der Waals surface area contributed by atoms with Gasteiger partial charge in [0, 0.05) is 16.1 Å². The molecule has 0 saturated heterocycles. The van der Waals surface area contributed by atoms with E-state index in [1.807, 2.05) is 36.4 Å². The average Bonchev–Trinajstić information content (AvgIpc) is 3.25. The van der Waals surface area contributed by atoms with Crippen molar-refractivity contribution < 1.29 is 9.21 Å². The Balaban J connectivity index is 1.44. The van der Waals surface area contributed by atoms with E-state index >= 15 is 0 Å². The summed E-state index contributed by atoms with van der Waals surface area (Å²) in [6, 6.07) is 16.4. The predicted molar refractivity (Wildman–Crippen MR) is 105 cm³/mol. The molecular formula is C19H12Cl2N2O2S. The fraction of sp³-hybridized carbons (Fsp3) is 0.0526. The quantitative estimate of drug-likeness (QED) is 0.469. The first-order chi connectivity index (χ1) is 12.6. The van der Waals surface area contributed by atoms with Gasteiger partial charge in [-0.3, -0.25) is 4.79 Å². The van der Waals surface area contributed by atoms with Crippen molar-refractivity contribution in [2.45, 2.75) is 6.54 Å². The van der Waals surface area contributed by atoms with E-state index in [0.29, 0.717) is 27.4 Å². The number of thiazole rings is 1. The highest BCUT2D eigenvalue weighted by Crippen LogP contribution is 2.27. The molecule has 0 aliphatic heterocycles. The van der Waals surface area contributed by atoms with Crippen molar-refractivity contribution in [1.82, 2.24) is 10.3 Å². The maximum Gasteiger partial charge on any atom is 0.251 e. The number of halogens is 2. The lowest BCUT2D eigenvalue weighted by Crippen LogP contribution is -2.22. The normalized spacial score (nSPS) is 11.0. The molecule has 0 unspecified atom stereocenters. The lowest BCUT2D eigenvalue weighted by molar-refractivity contribution is 0.0948. The van der Waals surface area contributed by atoms with Crippen LogP contribution in [0.15, 0.2) is 59.0 Å². The molecule has 4 rings (SSSR count). The Morgan fingerprint density at radius 1 is 1.08 bits per heavy atom. The SMILES string of the molecule is O=C(NCc1ccc(-c2ccc(Cl)cc2)o1)c1ccc2nc(Cl)sc2c1. The summed E-state index contributed by atoms with van der Waals surface area (Å²) in [5.41, 5.74) is 2.27. The van der Waals surface area contributed by atoms with Gasteiger partial charge in [-0.2, -0.15) is 0 Å². The van der Waals surface area contributed by atoms with Crippen LogP contribution in [0.4, 0.5) is 0 Å². The topological polar surface area (TPSA) is 55.1 Å². The molecular weight excluding hydrogens is 391 g/mol. The molecule has 0 atom stereocenters. The van der Waals surface area contributed by atoms with Gasteiger partial charge in [-0.1, -0.05) is 23.2 Å². The van der Waals surface area contributed by atoms with Crippen molar-refractivity contribution in [2.75, 3.05) is 0 Å². The zero-order valence-corrected chi connectivity index (χ0v) is 15.7. The molecule has 0 spiro atoms. The molecule has 0 saturated carbocycles. The third kappa shape index (κ3) is 3.60. The van der Waals surface area contributed by atoms with Gasteiger partial charge in [-0.25, -0.2) is 4.98 Å². The van der Waals surface area contributed by atoms with Crippen molar-refractivity contribution in [1.29, 1.82) is 0 Å². The number of amides is 1. The zero-order valence-electron chi connectivity index (χ0n) is 13.3. The van der Waals surface area contributed by atoms with Gasteiger partial charge < -0.3 is 9.73 Å². The number of nitrogens with one attached hydrogen (secondary N) is 1. The van der Waals surface area contributed by atoms with Crippen LogP contribution >= 0.6 is 34.5 Å². The van der Waals surface area contributed by atoms with Gasteiger partial charge in [-0.05, 0) is 54.6 Å². The van der Waals surface area contributed by atoms with Crippen molar-refractivity contribution >= 4 is 50.7 Å². The Kier molecular flexibility index (Phi) is 4.68. The Labute approximate surface area is 163 Å². The van der Waals surface area contributed by atoms with Crippen LogP contribution in [-0.4, -0.2) is 10.9 Å². The second-order valence-corrected chi connectivity index (χ2v) is 7.65. The molecule has 0 fully saturated rings. The summed E-state index contributed by atoms with van der Waals surface area (Å²) in [5, 5.41) is 3.53. The molecule has 1 amide bonds. The molecule has 0 bridgehead atoms. The van der Waals surface area contributed by atoms with Gasteiger partial charge in [0.2, 0.25) is 0 Å². The van der Waals surface area contributed by atoms with E-state index < -0.39 is 0 Å². The molecule has 26 heavy (non-hydrogen) atoms. The summed E-state index contributed by atoms with van der Waals surface area (Å²) in [5.74, 6) is 1.22. The largest absolute Gasteiger partial charge is 0.459 e. The molecule has 4 aromatic rings. The lowest BCUT2D eigenvalue weighted by atomic mass is 10.2. The predicted octanol–water partition coefficient (Wildman–Crippen LogP) is 5.79. The second-order valence-electron chi connectivity index (χ2n) is 5.60. The Bertz CT molecular complexity index is 1090. The minimum Gasteiger partial charge on any atom is -0.459 e. The molecule has 0 aliphatic carbocycles. The molecule has 2 aromatic carbocycles. The van der Waals surface area contributed by atoms with Gasteiger partial charge in [0.25, 0.3) is 5.91 Å². The molecule has 4 nitrogen and oxygen atoms in total. The molecule has 130 valence electrons. The summed E-state index contributed by atoms with van der Waals surface area (Å²) in [7, 11) is 0. The number of fused-ring (bicyclic) bond motifs is 1. The minimum absolute atomic E-state index is 0.180. The van der Waals surface area contributed by atoms with Crippen molar-refractivity contribution in [3.8, 4) is 11.3 Å². The smallest absolute Gasteiger partial charge is 0.251 e. The van der Waals surface area contributed by atoms with E-state index in [4.69, 9.17) is 27.6 Å². The van der Waals surface area contributed by atoms with Gasteiger partial charge in [0.15, 0.2) is 4.47 Å². The Morgan fingerprint density at radius 3 is 2.69 bits per heavy atom. The van der Waals surface area contributed by atoms with E-state index in [-0.39, 0.29) is 5.91 Å². The summed E-state index contributed by atoms with van der Waals surface area (Å²) < 4.78 is 7.13. The molecule has 2 heterocycles. The van der Waals surface area contributed by atoms with Crippen LogP contribution in [-0.2, 0) is 6.54 Å². The number of hydrogen-bond donors (Lipinski definition) is 1. The first-order valence-electron chi connectivity index (χ1n) is 7.77. The van der Waals surface area contributed by atoms with E-state index in [1.165, 1.54) is 11.3 Å². The maximum absolute atomic E-state index is 12.4. The second kappa shape index (κ2) is 7.11. The molecule has 7 heteroatoms. The third-order valence-electron chi connectivity index (χ3n) is 3.84. The highest BCUT2D eigenvalue weighted by atomic mass is 35.5. The highest BCUT2D eigenvalue weighted by Gasteiger charge is 2.10. The van der Waals surface area contributed by atoms with Gasteiger partial charge >= 0.3 is 0 Å². The summed E-state index contributed by atoms with van der Waals surface area (Å²) in [6.07, 6.45) is 0. The number of carbonyl (C=O) groups is 1. The summed E-state index contributed by atoms with van der Waals surface area (Å²) >= 11 is 13.1. The zero-order chi connectivity index (χ0) is 18.1. The Morgan fingerprint density at radius 2 is 1.88 bits per heavy atom. The van der Waals surface area contributed by atoms with Crippen LogP contribution in [0.25, 0.3) is 21.5 Å². The number of carbonyl (C=O) groups excluding carboxylic acids is 1. The molecule has 2 aromatic heterocycles. The monoisotopic (exact) mass is 402 g/mol. The fourth-order valence-corrected chi connectivity index (χ4v) is 3.75. The number of hydrogen-bond acceptors (Lipinski definition) is 4. The van der Waals surface area contributed by atoms with Crippen LogP contribution in [0.2, 0.25) is 9.49 Å². The summed E-state index contributed by atoms with van der Waals surface area (Å²) in [6.45, 7) is 0.300. The molecule has 1 N–H and O–H groups in total. The van der Waals surface area contributed by atoms with Gasteiger partial charge in [-0.15, -0.1) is 11.3 Å².